The summed E-state index contributed by atoms with van der Waals surface area (Å²) in [6.45, 7) is 6.80. The van der Waals surface area contributed by atoms with Crippen molar-refractivity contribution in [2.75, 3.05) is 18.5 Å². The van der Waals surface area contributed by atoms with Gasteiger partial charge in [0, 0.05) is 17.9 Å². The van der Waals surface area contributed by atoms with Crippen LogP contribution in [0.3, 0.4) is 0 Å². The molecule has 0 unspecified atom stereocenters. The van der Waals surface area contributed by atoms with Crippen LogP contribution in [0.5, 0.6) is 11.5 Å². The zero-order chi connectivity index (χ0) is 20.9. The minimum atomic E-state index is -0.285. The van der Waals surface area contributed by atoms with Crippen molar-refractivity contribution in [1.82, 2.24) is 10.2 Å². The van der Waals surface area contributed by atoms with Gasteiger partial charge in [-0.15, -0.1) is 12.3 Å². The number of fused-ring (bicyclic) bond motifs is 1. The van der Waals surface area contributed by atoms with Gasteiger partial charge in [-0.1, -0.05) is 32.9 Å². The van der Waals surface area contributed by atoms with Gasteiger partial charge in [0.1, 0.15) is 11.5 Å². The number of benzene rings is 2. The summed E-state index contributed by atoms with van der Waals surface area (Å²) in [6.07, 6.45) is 5.76. The Bertz CT molecular complexity index is 1020. The van der Waals surface area contributed by atoms with Crippen molar-refractivity contribution in [3.63, 3.8) is 0 Å². The van der Waals surface area contributed by atoms with Gasteiger partial charge in [0.25, 0.3) is 5.91 Å². The Labute approximate surface area is 170 Å². The molecule has 29 heavy (non-hydrogen) atoms. The van der Waals surface area contributed by atoms with Crippen LogP contribution in [0, 0.1) is 12.3 Å². The molecule has 1 aromatic heterocycles. The molecule has 1 heterocycles. The molecule has 0 spiro atoms. The van der Waals surface area contributed by atoms with Gasteiger partial charge >= 0.3 is 0 Å². The molecular weight excluding hydrogens is 366 g/mol. The second-order valence-corrected chi connectivity index (χ2v) is 7.69. The van der Waals surface area contributed by atoms with E-state index in [0.717, 1.165) is 10.9 Å². The number of nitrogens with zero attached hydrogens (tertiary/aromatic N) is 1. The number of H-pyrrole nitrogens is 1. The monoisotopic (exact) mass is 391 g/mol. The van der Waals surface area contributed by atoms with Crippen LogP contribution in [0.4, 0.5) is 5.82 Å². The van der Waals surface area contributed by atoms with Gasteiger partial charge in [-0.25, -0.2) is 0 Å². The van der Waals surface area contributed by atoms with E-state index in [-0.39, 0.29) is 17.9 Å². The van der Waals surface area contributed by atoms with Crippen molar-refractivity contribution >= 4 is 22.6 Å². The summed E-state index contributed by atoms with van der Waals surface area (Å²) < 4.78 is 11.1. The Hall–Kier alpha value is -3.46. The van der Waals surface area contributed by atoms with E-state index >= 15 is 0 Å². The predicted molar refractivity (Wildman–Crippen MR) is 114 cm³/mol. The van der Waals surface area contributed by atoms with Crippen LogP contribution in [0.15, 0.2) is 42.5 Å². The molecule has 0 bridgehead atoms. The Morgan fingerprint density at radius 2 is 1.86 bits per heavy atom. The Morgan fingerprint density at radius 3 is 2.55 bits per heavy atom. The van der Waals surface area contributed by atoms with Crippen molar-refractivity contribution in [2.24, 2.45) is 0 Å². The topological polar surface area (TPSA) is 76.2 Å². The number of hydrogen-bond donors (Lipinski definition) is 2. The van der Waals surface area contributed by atoms with E-state index < -0.39 is 0 Å². The summed E-state index contributed by atoms with van der Waals surface area (Å²) in [4.78, 5) is 12.3. The SMILES string of the molecule is C#CCCOc1ccc2c(NC(=O)COc3ccc(C(C)(C)C)cc3)n[nH]c2c1. The molecule has 0 aliphatic carbocycles. The third-order valence-electron chi connectivity index (χ3n) is 4.40. The fourth-order valence-electron chi connectivity index (χ4n) is 2.78. The summed E-state index contributed by atoms with van der Waals surface area (Å²) >= 11 is 0. The molecule has 150 valence electrons. The van der Waals surface area contributed by atoms with E-state index in [1.165, 1.54) is 5.56 Å². The Morgan fingerprint density at radius 1 is 1.14 bits per heavy atom. The molecule has 0 saturated heterocycles. The minimum absolute atomic E-state index is 0.0725. The van der Waals surface area contributed by atoms with Gasteiger partial charge in [-0.05, 0) is 35.2 Å². The van der Waals surface area contributed by atoms with E-state index in [1.54, 1.807) is 0 Å². The first-order chi connectivity index (χ1) is 13.9. The lowest BCUT2D eigenvalue weighted by Crippen LogP contribution is -2.20. The van der Waals surface area contributed by atoms with Crippen molar-refractivity contribution in [3.05, 3.63) is 48.0 Å². The highest BCUT2D eigenvalue weighted by Crippen LogP contribution is 2.26. The number of nitrogens with one attached hydrogen (secondary N) is 2. The summed E-state index contributed by atoms with van der Waals surface area (Å²) in [5.74, 6) is 4.03. The van der Waals surface area contributed by atoms with Crippen LogP contribution < -0.4 is 14.8 Å². The van der Waals surface area contributed by atoms with Crippen LogP contribution in [0.2, 0.25) is 0 Å². The average Bonchev–Trinajstić information content (AvgIpc) is 3.08. The van der Waals surface area contributed by atoms with Gasteiger partial charge in [0.15, 0.2) is 12.4 Å². The number of ether oxygens (including phenoxy) is 2. The maximum absolute atomic E-state index is 12.3. The lowest BCUT2D eigenvalue weighted by molar-refractivity contribution is -0.118. The lowest BCUT2D eigenvalue weighted by Gasteiger charge is -2.19. The number of rotatable bonds is 7. The fourth-order valence-corrected chi connectivity index (χ4v) is 2.78. The first-order valence-corrected chi connectivity index (χ1v) is 9.44. The summed E-state index contributed by atoms with van der Waals surface area (Å²) in [7, 11) is 0. The number of carbonyl (C=O) groups excluding carboxylic acids is 1. The maximum atomic E-state index is 12.3. The molecule has 6 heteroatoms. The summed E-state index contributed by atoms with van der Waals surface area (Å²) in [5.41, 5.74) is 2.04. The van der Waals surface area contributed by atoms with E-state index in [0.29, 0.717) is 30.3 Å². The molecule has 0 aliphatic heterocycles. The van der Waals surface area contributed by atoms with E-state index in [4.69, 9.17) is 15.9 Å². The quantitative estimate of drug-likeness (QED) is 0.466. The maximum Gasteiger partial charge on any atom is 0.263 e. The highest BCUT2D eigenvalue weighted by atomic mass is 16.5. The Kier molecular flexibility index (Phi) is 6.08. The highest BCUT2D eigenvalue weighted by Gasteiger charge is 2.14. The number of carbonyl (C=O) groups is 1. The number of aromatic amines is 1. The highest BCUT2D eigenvalue weighted by molar-refractivity contribution is 6.00. The second-order valence-electron chi connectivity index (χ2n) is 7.69. The van der Waals surface area contributed by atoms with E-state index in [9.17, 15) is 4.79 Å². The van der Waals surface area contributed by atoms with Gasteiger partial charge in [-0.3, -0.25) is 9.89 Å². The van der Waals surface area contributed by atoms with Crippen LogP contribution in [-0.4, -0.2) is 29.3 Å². The van der Waals surface area contributed by atoms with Gasteiger partial charge < -0.3 is 14.8 Å². The van der Waals surface area contributed by atoms with Gasteiger partial charge in [0.2, 0.25) is 0 Å². The van der Waals surface area contributed by atoms with Gasteiger partial charge in [0.05, 0.1) is 12.1 Å². The average molecular weight is 391 g/mol. The molecule has 3 rings (SSSR count). The molecule has 0 radical (unpaired) electrons. The van der Waals surface area contributed by atoms with E-state index in [1.807, 2.05) is 42.5 Å². The fraction of sp³-hybridized carbons (Fsp3) is 0.304. The lowest BCUT2D eigenvalue weighted by atomic mass is 9.87. The summed E-state index contributed by atoms with van der Waals surface area (Å²) in [6, 6.07) is 13.2. The zero-order valence-corrected chi connectivity index (χ0v) is 16.9. The zero-order valence-electron chi connectivity index (χ0n) is 16.9. The van der Waals surface area contributed by atoms with Crippen LogP contribution in [0.25, 0.3) is 10.9 Å². The van der Waals surface area contributed by atoms with Crippen molar-refractivity contribution in [2.45, 2.75) is 32.6 Å². The van der Waals surface area contributed by atoms with Crippen molar-refractivity contribution < 1.29 is 14.3 Å². The molecule has 6 nitrogen and oxygen atoms in total. The molecule has 0 atom stereocenters. The number of hydrogen-bond acceptors (Lipinski definition) is 4. The van der Waals surface area contributed by atoms with Gasteiger partial charge in [-0.2, -0.15) is 5.10 Å². The summed E-state index contributed by atoms with van der Waals surface area (Å²) in [5, 5.41) is 10.6. The largest absolute Gasteiger partial charge is 0.493 e. The number of amides is 1. The van der Waals surface area contributed by atoms with Crippen LogP contribution in [0.1, 0.15) is 32.8 Å². The minimum Gasteiger partial charge on any atom is -0.493 e. The molecular formula is C23H25N3O3. The second kappa shape index (κ2) is 8.70. The first kappa shape index (κ1) is 20.3. The number of aromatic nitrogens is 2. The molecule has 3 aromatic rings. The van der Waals surface area contributed by atoms with Crippen molar-refractivity contribution in [1.29, 1.82) is 0 Å². The number of anilines is 1. The standard InChI is InChI=1S/C23H25N3O3/c1-5-6-13-28-18-11-12-19-20(14-18)25-26-22(19)24-21(27)15-29-17-9-7-16(8-10-17)23(2,3)4/h1,7-12,14H,6,13,15H2,2-4H3,(H2,24,25,26,27). The molecule has 1 amide bonds. The van der Waals surface area contributed by atoms with Crippen LogP contribution in [-0.2, 0) is 10.2 Å². The first-order valence-electron chi connectivity index (χ1n) is 9.44. The van der Waals surface area contributed by atoms with Crippen molar-refractivity contribution in [3.8, 4) is 23.8 Å². The third kappa shape index (κ3) is 5.29. The van der Waals surface area contributed by atoms with E-state index in [2.05, 4.69) is 42.2 Å². The molecule has 0 saturated carbocycles. The normalized spacial score (nSPS) is 11.1. The molecule has 0 fully saturated rings. The molecule has 2 N–H and O–H groups in total. The third-order valence-corrected chi connectivity index (χ3v) is 4.40. The Balaban J connectivity index is 1.57. The molecule has 0 aliphatic rings. The predicted octanol–water partition coefficient (Wildman–Crippen LogP) is 4.28. The molecule has 2 aromatic carbocycles. The number of terminal acetylenes is 1. The smallest absolute Gasteiger partial charge is 0.263 e. The van der Waals surface area contributed by atoms with Crippen LogP contribution >= 0.6 is 0 Å².